The van der Waals surface area contributed by atoms with E-state index in [9.17, 15) is 4.79 Å². The lowest BCUT2D eigenvalue weighted by Crippen LogP contribution is -2.07. The second-order valence-corrected chi connectivity index (χ2v) is 6.76. The summed E-state index contributed by atoms with van der Waals surface area (Å²) in [7, 11) is 1.66. The monoisotopic (exact) mass is 280 g/mol. The third-order valence-electron chi connectivity index (χ3n) is 2.70. The molecule has 1 aliphatic heterocycles. The molecule has 0 spiro atoms. The molecule has 0 aromatic heterocycles. The van der Waals surface area contributed by atoms with Crippen molar-refractivity contribution in [2.45, 2.75) is 18.6 Å². The van der Waals surface area contributed by atoms with Crippen LogP contribution in [-0.2, 0) is 4.79 Å². The smallest absolute Gasteiger partial charge is 0.158 e. The van der Waals surface area contributed by atoms with Crippen molar-refractivity contribution >= 4 is 29.3 Å². The number of carbonyl (C=O) groups excluding carboxylic acids is 1. The lowest BCUT2D eigenvalue weighted by molar-refractivity contribution is -0.114. The molecule has 18 heavy (non-hydrogen) atoms. The van der Waals surface area contributed by atoms with Gasteiger partial charge in [-0.1, -0.05) is 19.1 Å². The average Bonchev–Trinajstić information content (AvgIpc) is 2.38. The lowest BCUT2D eigenvalue weighted by Gasteiger charge is -2.21. The van der Waals surface area contributed by atoms with Crippen LogP contribution in [0, 0.1) is 0 Å². The molecule has 0 radical (unpaired) electrons. The lowest BCUT2D eigenvalue weighted by atomic mass is 10.1. The summed E-state index contributed by atoms with van der Waals surface area (Å²) in [6, 6.07) is 7.99. The highest BCUT2D eigenvalue weighted by molar-refractivity contribution is 8.22. The van der Waals surface area contributed by atoms with E-state index >= 15 is 0 Å². The van der Waals surface area contributed by atoms with Crippen LogP contribution in [-0.4, -0.2) is 18.6 Å². The zero-order valence-electron chi connectivity index (χ0n) is 10.5. The van der Waals surface area contributed by atoms with E-state index in [4.69, 9.17) is 4.74 Å². The van der Waals surface area contributed by atoms with E-state index < -0.39 is 0 Å². The van der Waals surface area contributed by atoms with Crippen LogP contribution < -0.4 is 4.74 Å². The number of allylic oxidation sites excluding steroid dienone is 1. The molecule has 2 nitrogen and oxygen atoms in total. The van der Waals surface area contributed by atoms with Crippen LogP contribution in [0.3, 0.4) is 0 Å². The van der Waals surface area contributed by atoms with Gasteiger partial charge in [-0.3, -0.25) is 4.79 Å². The number of rotatable bonds is 4. The first-order chi connectivity index (χ1) is 8.72. The first kappa shape index (κ1) is 13.6. The SMILES string of the molecule is CCSC1=CC(=O)CC(c2ccc(OC)cc2)S1. The van der Waals surface area contributed by atoms with Gasteiger partial charge in [-0.25, -0.2) is 0 Å². The Bertz CT molecular complexity index is 451. The fraction of sp³-hybridized carbons (Fsp3) is 0.357. The summed E-state index contributed by atoms with van der Waals surface area (Å²) in [5, 5.41) is 0.238. The van der Waals surface area contributed by atoms with E-state index in [0.29, 0.717) is 6.42 Å². The summed E-state index contributed by atoms with van der Waals surface area (Å²) in [5.41, 5.74) is 1.19. The van der Waals surface area contributed by atoms with Crippen molar-refractivity contribution in [2.24, 2.45) is 0 Å². The molecule has 0 aliphatic carbocycles. The van der Waals surface area contributed by atoms with Crippen molar-refractivity contribution in [1.29, 1.82) is 0 Å². The number of benzene rings is 1. The molecule has 1 heterocycles. The van der Waals surface area contributed by atoms with E-state index in [1.807, 2.05) is 24.3 Å². The van der Waals surface area contributed by atoms with Crippen LogP contribution in [0.5, 0.6) is 5.75 Å². The molecule has 0 saturated heterocycles. The van der Waals surface area contributed by atoms with Crippen molar-refractivity contribution in [3.8, 4) is 5.75 Å². The highest BCUT2D eigenvalue weighted by Gasteiger charge is 2.22. The Morgan fingerprint density at radius 2 is 2.11 bits per heavy atom. The second kappa shape index (κ2) is 6.34. The fourth-order valence-corrected chi connectivity index (χ4v) is 4.31. The second-order valence-electron chi connectivity index (χ2n) is 3.95. The molecular weight excluding hydrogens is 264 g/mol. The molecule has 1 aromatic rings. The van der Waals surface area contributed by atoms with Gasteiger partial charge < -0.3 is 4.74 Å². The third kappa shape index (κ3) is 3.33. The van der Waals surface area contributed by atoms with E-state index in [-0.39, 0.29) is 11.0 Å². The van der Waals surface area contributed by atoms with Gasteiger partial charge in [0.05, 0.1) is 7.11 Å². The summed E-state index contributed by atoms with van der Waals surface area (Å²) in [4.78, 5) is 11.7. The van der Waals surface area contributed by atoms with Gasteiger partial charge in [0.1, 0.15) is 5.75 Å². The Labute approximate surface area is 116 Å². The van der Waals surface area contributed by atoms with Crippen molar-refractivity contribution in [3.05, 3.63) is 40.1 Å². The molecular formula is C14H16O2S2. The molecule has 0 fully saturated rings. The Kier molecular flexibility index (Phi) is 4.78. The van der Waals surface area contributed by atoms with E-state index in [1.54, 1.807) is 36.7 Å². The Balaban J connectivity index is 2.13. The molecule has 0 saturated carbocycles. The van der Waals surface area contributed by atoms with Gasteiger partial charge in [-0.05, 0) is 23.4 Å². The molecule has 1 aliphatic rings. The average molecular weight is 280 g/mol. The molecule has 1 atom stereocenters. The highest BCUT2D eigenvalue weighted by atomic mass is 32.2. The van der Waals surface area contributed by atoms with E-state index in [0.717, 1.165) is 15.7 Å². The Morgan fingerprint density at radius 3 is 2.72 bits per heavy atom. The van der Waals surface area contributed by atoms with Gasteiger partial charge in [-0.15, -0.1) is 23.5 Å². The van der Waals surface area contributed by atoms with Crippen LogP contribution in [0.15, 0.2) is 34.6 Å². The number of hydrogen-bond acceptors (Lipinski definition) is 4. The van der Waals surface area contributed by atoms with Crippen molar-refractivity contribution in [2.75, 3.05) is 12.9 Å². The van der Waals surface area contributed by atoms with Crippen LogP contribution in [0.1, 0.15) is 24.2 Å². The summed E-state index contributed by atoms with van der Waals surface area (Å²) in [6.07, 6.45) is 2.36. The maximum atomic E-state index is 11.7. The van der Waals surface area contributed by atoms with E-state index in [2.05, 4.69) is 6.92 Å². The largest absolute Gasteiger partial charge is 0.497 e. The van der Waals surface area contributed by atoms with Crippen LogP contribution in [0.25, 0.3) is 0 Å². The Hall–Kier alpha value is -0.870. The van der Waals surface area contributed by atoms with Crippen molar-refractivity contribution < 1.29 is 9.53 Å². The number of carbonyl (C=O) groups is 1. The van der Waals surface area contributed by atoms with Gasteiger partial charge in [-0.2, -0.15) is 0 Å². The first-order valence-electron chi connectivity index (χ1n) is 5.91. The minimum Gasteiger partial charge on any atom is -0.497 e. The van der Waals surface area contributed by atoms with Gasteiger partial charge in [0.2, 0.25) is 0 Å². The van der Waals surface area contributed by atoms with Crippen molar-refractivity contribution in [1.82, 2.24) is 0 Å². The quantitative estimate of drug-likeness (QED) is 0.831. The number of thioether (sulfide) groups is 2. The van der Waals surface area contributed by atoms with Gasteiger partial charge >= 0.3 is 0 Å². The topological polar surface area (TPSA) is 26.3 Å². The predicted molar refractivity (Wildman–Crippen MR) is 79.2 cm³/mol. The normalized spacial score (nSPS) is 19.6. The number of methoxy groups -OCH3 is 1. The molecule has 0 N–H and O–H groups in total. The zero-order valence-corrected chi connectivity index (χ0v) is 12.1. The summed E-state index contributed by atoms with van der Waals surface area (Å²) in [6.45, 7) is 2.10. The minimum absolute atomic E-state index is 0.227. The molecule has 0 bridgehead atoms. The molecule has 0 amide bonds. The molecule has 2 rings (SSSR count). The number of ether oxygens (including phenoxy) is 1. The summed E-state index contributed by atoms with van der Waals surface area (Å²) < 4.78 is 6.28. The number of ketones is 1. The van der Waals surface area contributed by atoms with Crippen LogP contribution in [0.4, 0.5) is 0 Å². The molecule has 1 unspecified atom stereocenters. The van der Waals surface area contributed by atoms with Gasteiger partial charge in [0.25, 0.3) is 0 Å². The maximum absolute atomic E-state index is 11.7. The van der Waals surface area contributed by atoms with Crippen LogP contribution in [0.2, 0.25) is 0 Å². The fourth-order valence-electron chi connectivity index (χ4n) is 1.81. The number of hydrogen-bond donors (Lipinski definition) is 0. The van der Waals surface area contributed by atoms with Crippen molar-refractivity contribution in [3.63, 3.8) is 0 Å². The van der Waals surface area contributed by atoms with Crippen LogP contribution >= 0.6 is 23.5 Å². The molecule has 4 heteroatoms. The maximum Gasteiger partial charge on any atom is 0.158 e. The third-order valence-corrected chi connectivity index (χ3v) is 5.10. The van der Waals surface area contributed by atoms with Gasteiger partial charge in [0.15, 0.2) is 5.78 Å². The summed E-state index contributed by atoms with van der Waals surface area (Å²) >= 11 is 3.53. The standard InChI is InChI=1S/C14H16O2S2/c1-3-17-14-9-11(15)8-13(18-14)10-4-6-12(16-2)7-5-10/h4-7,9,13H,3,8H2,1-2H3. The summed E-state index contributed by atoms with van der Waals surface area (Å²) in [5.74, 6) is 2.08. The Morgan fingerprint density at radius 1 is 1.39 bits per heavy atom. The zero-order chi connectivity index (χ0) is 13.0. The molecule has 1 aromatic carbocycles. The highest BCUT2D eigenvalue weighted by Crippen LogP contribution is 2.45. The minimum atomic E-state index is 0.227. The molecule has 96 valence electrons. The first-order valence-corrected chi connectivity index (χ1v) is 7.77. The van der Waals surface area contributed by atoms with E-state index in [1.165, 1.54) is 5.56 Å². The van der Waals surface area contributed by atoms with Gasteiger partial charge in [0, 0.05) is 22.0 Å². The predicted octanol–water partition coefficient (Wildman–Crippen LogP) is 4.04.